The Morgan fingerprint density at radius 2 is 2.00 bits per heavy atom. The average molecular weight is 414 g/mol. The third-order valence-corrected chi connectivity index (χ3v) is 5.16. The molecule has 0 aliphatic rings. The Balaban J connectivity index is 0.00000240. The Hall–Kier alpha value is -2.83. The van der Waals surface area contributed by atoms with Crippen LogP contribution in [0.2, 0.25) is 0 Å². The van der Waals surface area contributed by atoms with Crippen LogP contribution < -0.4 is 4.74 Å². The number of aromatic nitrogens is 3. The summed E-state index contributed by atoms with van der Waals surface area (Å²) in [4.78, 5) is 16.1. The number of aryl methyl sites for hydroxylation is 1. The van der Waals surface area contributed by atoms with Crippen LogP contribution in [-0.2, 0) is 13.6 Å². The molecule has 2 heterocycles. The van der Waals surface area contributed by atoms with Crippen LogP contribution >= 0.6 is 12.4 Å². The van der Waals surface area contributed by atoms with Gasteiger partial charge >= 0.3 is 0 Å². The van der Waals surface area contributed by atoms with Crippen LogP contribution in [0.4, 0.5) is 0 Å². The highest BCUT2D eigenvalue weighted by Crippen LogP contribution is 2.34. The van der Waals surface area contributed by atoms with Gasteiger partial charge in [0.2, 0.25) is 0 Å². The quantitative estimate of drug-likeness (QED) is 0.484. The summed E-state index contributed by atoms with van der Waals surface area (Å²) in [6.45, 7) is 2.82. The van der Waals surface area contributed by atoms with Gasteiger partial charge in [0.15, 0.2) is 5.82 Å². The average Bonchev–Trinajstić information content (AvgIpc) is 3.24. The third kappa shape index (κ3) is 3.50. The molecule has 4 aromatic rings. The van der Waals surface area contributed by atoms with Gasteiger partial charge in [-0.2, -0.15) is 0 Å². The zero-order valence-corrected chi connectivity index (χ0v) is 17.4. The molecule has 0 fully saturated rings. The Morgan fingerprint density at radius 1 is 1.24 bits per heavy atom. The number of nitrogens with zero attached hydrogens (tertiary/aromatic N) is 3. The number of aldehydes is 1. The number of carbonyl (C=O) groups is 1. The van der Waals surface area contributed by atoms with Crippen molar-refractivity contribution in [3.8, 4) is 17.3 Å². The Labute approximate surface area is 175 Å². The van der Waals surface area contributed by atoms with Crippen molar-refractivity contribution in [1.29, 1.82) is 0 Å². The van der Waals surface area contributed by atoms with Gasteiger partial charge in [0.05, 0.1) is 18.3 Å². The second-order valence-corrected chi connectivity index (χ2v) is 7.19. The van der Waals surface area contributed by atoms with Gasteiger partial charge in [-0.25, -0.2) is 4.98 Å². The summed E-state index contributed by atoms with van der Waals surface area (Å²) >= 11 is 0. The van der Waals surface area contributed by atoms with Gasteiger partial charge in [0, 0.05) is 36.7 Å². The molecule has 2 aromatic carbocycles. The van der Waals surface area contributed by atoms with Gasteiger partial charge in [-0.05, 0) is 30.2 Å². The first-order valence-corrected chi connectivity index (χ1v) is 9.26. The summed E-state index contributed by atoms with van der Waals surface area (Å²) in [6, 6.07) is 13.8. The SMILES string of the molecule is COc1cc(C=O)cc2nc(-c3cc4ccccc4n3C[C@@H](C)CO)n(C)c12.Cl. The van der Waals surface area contributed by atoms with E-state index in [0.717, 1.165) is 34.2 Å². The largest absolute Gasteiger partial charge is 0.494 e. The van der Waals surface area contributed by atoms with Crippen LogP contribution in [0, 0.1) is 5.92 Å². The molecule has 0 saturated carbocycles. The van der Waals surface area contributed by atoms with Crippen LogP contribution in [0.15, 0.2) is 42.5 Å². The number of hydrogen-bond acceptors (Lipinski definition) is 4. The number of imidazole rings is 1. The van der Waals surface area contributed by atoms with Gasteiger partial charge in [0.1, 0.15) is 17.6 Å². The smallest absolute Gasteiger partial charge is 0.157 e. The highest BCUT2D eigenvalue weighted by molar-refractivity contribution is 5.93. The molecule has 0 aliphatic carbocycles. The zero-order valence-electron chi connectivity index (χ0n) is 16.6. The minimum absolute atomic E-state index is 0. The molecule has 0 saturated heterocycles. The Morgan fingerprint density at radius 3 is 2.69 bits per heavy atom. The van der Waals surface area contributed by atoms with Crippen molar-refractivity contribution in [3.05, 3.63) is 48.0 Å². The zero-order chi connectivity index (χ0) is 19.8. The molecule has 0 radical (unpaired) electrons. The van der Waals surface area contributed by atoms with E-state index < -0.39 is 0 Å². The molecular weight excluding hydrogens is 390 g/mol. The molecule has 0 bridgehead atoms. The van der Waals surface area contributed by atoms with E-state index in [-0.39, 0.29) is 24.9 Å². The van der Waals surface area contributed by atoms with Crippen molar-refractivity contribution in [2.24, 2.45) is 13.0 Å². The fourth-order valence-corrected chi connectivity index (χ4v) is 3.75. The van der Waals surface area contributed by atoms with Crippen LogP contribution in [-0.4, -0.2) is 39.2 Å². The summed E-state index contributed by atoms with van der Waals surface area (Å²) in [5.41, 5.74) is 4.16. The summed E-state index contributed by atoms with van der Waals surface area (Å²) in [5.74, 6) is 1.52. The molecule has 1 N–H and O–H groups in total. The van der Waals surface area contributed by atoms with Gasteiger partial charge < -0.3 is 19.0 Å². The normalized spacial score (nSPS) is 12.1. The van der Waals surface area contributed by atoms with E-state index >= 15 is 0 Å². The number of halogens is 1. The van der Waals surface area contributed by atoms with Gasteiger partial charge in [0.25, 0.3) is 0 Å². The van der Waals surface area contributed by atoms with Crippen LogP contribution in [0.5, 0.6) is 5.75 Å². The lowest BCUT2D eigenvalue weighted by atomic mass is 10.2. The predicted molar refractivity (Wildman–Crippen MR) is 117 cm³/mol. The minimum atomic E-state index is 0. The second-order valence-electron chi connectivity index (χ2n) is 7.19. The van der Waals surface area contributed by atoms with Crippen molar-refractivity contribution in [2.45, 2.75) is 13.5 Å². The number of aliphatic hydroxyl groups is 1. The minimum Gasteiger partial charge on any atom is -0.494 e. The molecule has 7 heteroatoms. The number of aliphatic hydroxyl groups excluding tert-OH is 1. The maximum atomic E-state index is 11.3. The molecule has 4 rings (SSSR count). The maximum absolute atomic E-state index is 11.3. The second kappa shape index (κ2) is 8.27. The summed E-state index contributed by atoms with van der Waals surface area (Å²) in [5, 5.41) is 10.7. The first-order valence-electron chi connectivity index (χ1n) is 9.26. The lowest BCUT2D eigenvalue weighted by molar-refractivity contribution is 0.112. The van der Waals surface area contributed by atoms with Crippen molar-refractivity contribution in [3.63, 3.8) is 0 Å². The van der Waals surface area contributed by atoms with E-state index in [1.54, 1.807) is 19.2 Å². The monoisotopic (exact) mass is 413 g/mol. The summed E-state index contributed by atoms with van der Waals surface area (Å²) in [7, 11) is 3.54. The van der Waals surface area contributed by atoms with E-state index in [0.29, 0.717) is 23.4 Å². The molecule has 29 heavy (non-hydrogen) atoms. The van der Waals surface area contributed by atoms with E-state index in [2.05, 4.69) is 22.8 Å². The molecule has 2 aromatic heterocycles. The van der Waals surface area contributed by atoms with E-state index in [1.807, 2.05) is 30.7 Å². The molecule has 0 aliphatic heterocycles. The standard InChI is InChI=1S/C22H23N3O3.ClH/c1-14(12-26)11-25-18-7-5-4-6-16(18)10-19(25)22-23-17-8-15(13-27)9-20(28-3)21(17)24(22)2;/h4-10,13-14,26H,11-12H2,1-3H3;1H/t14-;/m1./s1. The number of para-hydroxylation sites is 1. The van der Waals surface area contributed by atoms with Crippen molar-refractivity contribution in [2.75, 3.05) is 13.7 Å². The molecule has 1 atom stereocenters. The van der Waals surface area contributed by atoms with Crippen molar-refractivity contribution in [1.82, 2.24) is 14.1 Å². The fraction of sp³-hybridized carbons (Fsp3) is 0.273. The van der Waals surface area contributed by atoms with Crippen molar-refractivity contribution >= 4 is 40.6 Å². The lowest BCUT2D eigenvalue weighted by Gasteiger charge is -2.15. The number of benzene rings is 2. The first-order chi connectivity index (χ1) is 13.6. The van der Waals surface area contributed by atoms with Crippen LogP contribution in [0.25, 0.3) is 33.5 Å². The third-order valence-electron chi connectivity index (χ3n) is 5.16. The van der Waals surface area contributed by atoms with Crippen LogP contribution in [0.3, 0.4) is 0 Å². The fourth-order valence-electron chi connectivity index (χ4n) is 3.75. The lowest BCUT2D eigenvalue weighted by Crippen LogP contribution is -2.12. The maximum Gasteiger partial charge on any atom is 0.157 e. The first kappa shape index (κ1) is 20.9. The van der Waals surface area contributed by atoms with Gasteiger partial charge in [-0.15, -0.1) is 12.4 Å². The molecule has 0 unspecified atom stereocenters. The van der Waals surface area contributed by atoms with Gasteiger partial charge in [-0.1, -0.05) is 25.1 Å². The molecule has 152 valence electrons. The molecular formula is C22H24ClN3O3. The number of fused-ring (bicyclic) bond motifs is 2. The number of rotatable bonds is 6. The summed E-state index contributed by atoms with van der Waals surface area (Å²) < 4.78 is 9.71. The number of ether oxygens (including phenoxy) is 1. The number of hydrogen-bond donors (Lipinski definition) is 1. The highest BCUT2D eigenvalue weighted by Gasteiger charge is 2.20. The Bertz CT molecular complexity index is 1180. The van der Waals surface area contributed by atoms with Crippen molar-refractivity contribution < 1.29 is 14.6 Å². The van der Waals surface area contributed by atoms with Gasteiger partial charge in [-0.3, -0.25) is 4.79 Å². The molecule has 6 nitrogen and oxygen atoms in total. The molecule has 0 amide bonds. The van der Waals surface area contributed by atoms with E-state index in [1.165, 1.54) is 0 Å². The highest BCUT2D eigenvalue weighted by atomic mass is 35.5. The van der Waals surface area contributed by atoms with E-state index in [9.17, 15) is 9.90 Å². The Kier molecular flexibility index (Phi) is 5.96. The predicted octanol–water partition coefficient (Wildman–Crippen LogP) is 4.07. The number of carbonyl (C=O) groups excluding carboxylic acids is 1. The van der Waals surface area contributed by atoms with Crippen LogP contribution in [0.1, 0.15) is 17.3 Å². The summed E-state index contributed by atoms with van der Waals surface area (Å²) in [6.07, 6.45) is 0.802. The number of methoxy groups -OCH3 is 1. The topological polar surface area (TPSA) is 69.3 Å². The van der Waals surface area contributed by atoms with E-state index in [4.69, 9.17) is 9.72 Å². The molecule has 0 spiro atoms.